The molecule has 0 spiro atoms. The van der Waals surface area contributed by atoms with Crippen LogP contribution >= 0.6 is 23.2 Å². The highest BCUT2D eigenvalue weighted by atomic mass is 35.5. The molecule has 2 saturated carbocycles. The van der Waals surface area contributed by atoms with Crippen molar-refractivity contribution >= 4 is 45.1 Å². The number of amides is 1. The summed E-state index contributed by atoms with van der Waals surface area (Å²) < 4.78 is 32.5. The van der Waals surface area contributed by atoms with Gasteiger partial charge in [-0.2, -0.15) is 0 Å². The number of nitrogens with one attached hydrogen (secondary N) is 2. The predicted molar refractivity (Wildman–Crippen MR) is 114 cm³/mol. The molecule has 7 nitrogen and oxygen atoms in total. The van der Waals surface area contributed by atoms with Crippen molar-refractivity contribution in [1.29, 1.82) is 0 Å². The Bertz CT molecular complexity index is 895. The van der Waals surface area contributed by atoms with E-state index in [1.165, 1.54) is 12.5 Å². The quantitative estimate of drug-likeness (QED) is 0.582. The molecule has 2 N–H and O–H groups in total. The highest BCUT2D eigenvalue weighted by Gasteiger charge is 2.30. The number of hydrogen-bond donors (Lipinski definition) is 2. The van der Waals surface area contributed by atoms with Crippen LogP contribution in [-0.4, -0.2) is 39.0 Å². The average molecular weight is 477 g/mol. The zero-order valence-corrected chi connectivity index (χ0v) is 18.9. The van der Waals surface area contributed by atoms with E-state index >= 15 is 0 Å². The molecule has 0 unspecified atom stereocenters. The fourth-order valence-corrected chi connectivity index (χ4v) is 5.61. The standard InChI is InChI=1S/C20H26Cl2N2O5S/c21-16-11-17(22)18(30(27,28)24-14-8-9-14)10-15(16)20(26)29-12-19(25)23-13-6-4-2-1-3-5-7-13/h10-11,13-14,24H,1-9,12H2,(H,23,25). The third-order valence-corrected chi connectivity index (χ3v) is 7.53. The fraction of sp³-hybridized carbons (Fsp3) is 0.600. The summed E-state index contributed by atoms with van der Waals surface area (Å²) in [6.45, 7) is -0.462. The Labute approximate surface area is 186 Å². The molecule has 2 aliphatic rings. The maximum Gasteiger partial charge on any atom is 0.340 e. The molecule has 0 aliphatic heterocycles. The number of sulfonamides is 1. The van der Waals surface area contributed by atoms with Crippen LogP contribution in [0.15, 0.2) is 17.0 Å². The van der Waals surface area contributed by atoms with Crippen LogP contribution in [-0.2, 0) is 19.6 Å². The van der Waals surface area contributed by atoms with Gasteiger partial charge >= 0.3 is 5.97 Å². The molecule has 0 aromatic heterocycles. The van der Waals surface area contributed by atoms with E-state index in [0.717, 1.165) is 57.4 Å². The van der Waals surface area contributed by atoms with Gasteiger partial charge in [0.1, 0.15) is 4.90 Å². The van der Waals surface area contributed by atoms with Gasteiger partial charge in [-0.15, -0.1) is 0 Å². The number of esters is 1. The summed E-state index contributed by atoms with van der Waals surface area (Å²) in [5.74, 6) is -1.27. The van der Waals surface area contributed by atoms with Crippen LogP contribution < -0.4 is 10.0 Å². The molecule has 2 fully saturated rings. The van der Waals surface area contributed by atoms with E-state index in [4.69, 9.17) is 27.9 Å². The molecule has 166 valence electrons. The summed E-state index contributed by atoms with van der Waals surface area (Å²) in [5, 5.41) is 2.77. The molecule has 2 aliphatic carbocycles. The van der Waals surface area contributed by atoms with Gasteiger partial charge in [-0.3, -0.25) is 4.79 Å². The molecule has 1 aromatic rings. The molecule has 30 heavy (non-hydrogen) atoms. The second kappa shape index (κ2) is 10.3. The largest absolute Gasteiger partial charge is 0.452 e. The van der Waals surface area contributed by atoms with Crippen LogP contribution in [0.2, 0.25) is 10.0 Å². The second-order valence-electron chi connectivity index (χ2n) is 7.84. The van der Waals surface area contributed by atoms with Gasteiger partial charge in [0.05, 0.1) is 15.6 Å². The topological polar surface area (TPSA) is 102 Å². The lowest BCUT2D eigenvalue weighted by Crippen LogP contribution is -2.38. The van der Waals surface area contributed by atoms with Gasteiger partial charge in [-0.05, 0) is 37.8 Å². The fourth-order valence-electron chi connectivity index (χ4n) is 3.45. The number of carbonyl (C=O) groups is 2. The van der Waals surface area contributed by atoms with Crippen LogP contribution in [0.3, 0.4) is 0 Å². The zero-order valence-electron chi connectivity index (χ0n) is 16.6. The average Bonchev–Trinajstić information content (AvgIpc) is 3.45. The lowest BCUT2D eigenvalue weighted by atomic mass is 9.97. The van der Waals surface area contributed by atoms with Crippen LogP contribution in [0.25, 0.3) is 0 Å². The van der Waals surface area contributed by atoms with E-state index in [0.29, 0.717) is 0 Å². The van der Waals surface area contributed by atoms with Crippen LogP contribution in [0.1, 0.15) is 68.1 Å². The molecule has 0 saturated heterocycles. The number of hydrogen-bond acceptors (Lipinski definition) is 5. The van der Waals surface area contributed by atoms with E-state index in [2.05, 4.69) is 10.0 Å². The van der Waals surface area contributed by atoms with Crippen molar-refractivity contribution in [3.63, 3.8) is 0 Å². The summed E-state index contributed by atoms with van der Waals surface area (Å²) in [7, 11) is -3.89. The number of benzene rings is 1. The monoisotopic (exact) mass is 476 g/mol. The second-order valence-corrected chi connectivity index (χ2v) is 10.3. The maximum absolute atomic E-state index is 12.5. The van der Waals surface area contributed by atoms with Gasteiger partial charge in [-0.25, -0.2) is 17.9 Å². The minimum absolute atomic E-state index is 0.0456. The van der Waals surface area contributed by atoms with E-state index in [1.54, 1.807) is 0 Å². The van der Waals surface area contributed by atoms with E-state index in [-0.39, 0.29) is 38.5 Å². The number of rotatable bonds is 7. The van der Waals surface area contributed by atoms with Crippen LogP contribution in [0, 0.1) is 0 Å². The Kier molecular flexibility index (Phi) is 8.01. The summed E-state index contributed by atoms with van der Waals surface area (Å²) >= 11 is 12.1. The molecule has 0 heterocycles. The van der Waals surface area contributed by atoms with Gasteiger partial charge in [0.15, 0.2) is 6.61 Å². The molecule has 0 atom stereocenters. The SMILES string of the molecule is O=C(COC(=O)c1cc(S(=O)(=O)NC2CC2)c(Cl)cc1Cl)NC1CCCCCCC1. The summed E-state index contributed by atoms with van der Waals surface area (Å²) in [6, 6.07) is 2.25. The smallest absolute Gasteiger partial charge is 0.340 e. The molecule has 0 bridgehead atoms. The van der Waals surface area contributed by atoms with Crippen LogP contribution in [0.4, 0.5) is 0 Å². The van der Waals surface area contributed by atoms with Crippen molar-refractivity contribution in [2.24, 2.45) is 0 Å². The normalized spacial score (nSPS) is 18.3. The van der Waals surface area contributed by atoms with Gasteiger partial charge in [0.25, 0.3) is 5.91 Å². The number of ether oxygens (including phenoxy) is 1. The molecule has 10 heteroatoms. The predicted octanol–water partition coefficient (Wildman–Crippen LogP) is 3.82. The van der Waals surface area contributed by atoms with Crippen molar-refractivity contribution in [1.82, 2.24) is 10.0 Å². The molecule has 3 rings (SSSR count). The van der Waals surface area contributed by atoms with Crippen molar-refractivity contribution in [3.8, 4) is 0 Å². The van der Waals surface area contributed by atoms with Gasteiger partial charge in [-0.1, -0.05) is 55.3 Å². The van der Waals surface area contributed by atoms with E-state index in [9.17, 15) is 18.0 Å². The minimum atomic E-state index is -3.89. The molecule has 0 radical (unpaired) electrons. The van der Waals surface area contributed by atoms with Crippen molar-refractivity contribution < 1.29 is 22.7 Å². The van der Waals surface area contributed by atoms with Crippen LogP contribution in [0.5, 0.6) is 0 Å². The Balaban J connectivity index is 1.61. The van der Waals surface area contributed by atoms with Gasteiger partial charge in [0, 0.05) is 12.1 Å². The summed E-state index contributed by atoms with van der Waals surface area (Å²) in [5.41, 5.74) is -0.156. The van der Waals surface area contributed by atoms with Gasteiger partial charge < -0.3 is 10.1 Å². The Hall–Kier alpha value is -1.35. The van der Waals surface area contributed by atoms with Crippen molar-refractivity contribution in [3.05, 3.63) is 27.7 Å². The Morgan fingerprint density at radius 2 is 1.57 bits per heavy atom. The minimum Gasteiger partial charge on any atom is -0.452 e. The molecular weight excluding hydrogens is 451 g/mol. The van der Waals surface area contributed by atoms with E-state index < -0.39 is 22.6 Å². The molecule has 1 amide bonds. The van der Waals surface area contributed by atoms with E-state index in [1.807, 2.05) is 0 Å². The first-order valence-electron chi connectivity index (χ1n) is 10.2. The summed E-state index contributed by atoms with van der Waals surface area (Å²) in [6.07, 6.45) is 9.04. The third kappa shape index (κ3) is 6.57. The molecular formula is C20H26Cl2N2O5S. The third-order valence-electron chi connectivity index (χ3n) is 5.23. The maximum atomic E-state index is 12.5. The Morgan fingerprint density at radius 3 is 2.20 bits per heavy atom. The first-order valence-corrected chi connectivity index (χ1v) is 12.5. The Morgan fingerprint density at radius 1 is 0.933 bits per heavy atom. The lowest BCUT2D eigenvalue weighted by Gasteiger charge is -2.21. The van der Waals surface area contributed by atoms with Crippen molar-refractivity contribution in [2.45, 2.75) is 74.8 Å². The zero-order chi connectivity index (χ0) is 21.7. The number of halogens is 2. The lowest BCUT2D eigenvalue weighted by molar-refractivity contribution is -0.125. The highest BCUT2D eigenvalue weighted by molar-refractivity contribution is 7.89. The number of carbonyl (C=O) groups excluding carboxylic acids is 2. The molecule has 1 aromatic carbocycles. The van der Waals surface area contributed by atoms with Gasteiger partial charge in [0.2, 0.25) is 10.0 Å². The van der Waals surface area contributed by atoms with Crippen molar-refractivity contribution in [2.75, 3.05) is 6.61 Å². The summed E-state index contributed by atoms with van der Waals surface area (Å²) in [4.78, 5) is 24.4. The highest BCUT2D eigenvalue weighted by Crippen LogP contribution is 2.31. The first kappa shape index (κ1) is 23.3. The first-order chi connectivity index (χ1) is 14.3.